The minimum atomic E-state index is 0.0194. The first-order valence-electron chi connectivity index (χ1n) is 7.31. The summed E-state index contributed by atoms with van der Waals surface area (Å²) >= 11 is 0. The fraction of sp³-hybridized carbons (Fsp3) is 0.571. The second-order valence-electron chi connectivity index (χ2n) is 5.38. The molecule has 0 bridgehead atoms. The Balaban J connectivity index is 1.48. The number of piperidine rings is 1. The van der Waals surface area contributed by atoms with Crippen LogP contribution in [0.15, 0.2) is 16.8 Å². The van der Waals surface area contributed by atoms with Crippen molar-refractivity contribution < 1.29 is 14.1 Å². The molecule has 0 unspecified atom stereocenters. The molecule has 3 heterocycles. The number of amides is 1. The molecule has 0 radical (unpaired) electrons. The highest BCUT2D eigenvalue weighted by molar-refractivity contribution is 5.92. The first-order chi connectivity index (χ1) is 10.6. The molecule has 0 aliphatic carbocycles. The van der Waals surface area contributed by atoms with E-state index >= 15 is 0 Å². The average Bonchev–Trinajstić information content (AvgIpc) is 3.13. The molecule has 0 saturated carbocycles. The van der Waals surface area contributed by atoms with E-state index in [1.54, 1.807) is 30.9 Å². The maximum absolute atomic E-state index is 12.4. The van der Waals surface area contributed by atoms with Crippen LogP contribution in [0.4, 0.5) is 0 Å². The Morgan fingerprint density at radius 2 is 2.23 bits per heavy atom. The monoisotopic (exact) mass is 305 g/mol. The van der Waals surface area contributed by atoms with Gasteiger partial charge >= 0.3 is 0 Å². The molecular weight excluding hydrogens is 286 g/mol. The summed E-state index contributed by atoms with van der Waals surface area (Å²) in [6.07, 6.45) is 3.35. The van der Waals surface area contributed by atoms with E-state index in [1.807, 2.05) is 4.90 Å². The largest absolute Gasteiger partial charge is 0.368 e. The first kappa shape index (κ1) is 14.7. The highest BCUT2D eigenvalue weighted by atomic mass is 16.5. The number of aromatic nitrogens is 4. The van der Waals surface area contributed by atoms with Crippen LogP contribution in [0.2, 0.25) is 0 Å². The molecule has 1 aliphatic heterocycles. The zero-order chi connectivity index (χ0) is 15.5. The summed E-state index contributed by atoms with van der Waals surface area (Å²) in [4.78, 5) is 18.3. The first-order valence-corrected chi connectivity index (χ1v) is 7.31. The fourth-order valence-corrected chi connectivity index (χ4v) is 2.56. The highest BCUT2D eigenvalue weighted by Crippen LogP contribution is 2.17. The van der Waals surface area contributed by atoms with Crippen molar-refractivity contribution in [2.45, 2.75) is 32.5 Å². The highest BCUT2D eigenvalue weighted by Gasteiger charge is 2.25. The van der Waals surface area contributed by atoms with E-state index in [9.17, 15) is 4.79 Å². The molecule has 3 rings (SSSR count). The lowest BCUT2D eigenvalue weighted by molar-refractivity contribution is -0.00996. The molecule has 0 spiro atoms. The third-order valence-electron chi connectivity index (χ3n) is 3.78. The van der Waals surface area contributed by atoms with Gasteiger partial charge in [-0.1, -0.05) is 5.16 Å². The molecule has 0 atom stereocenters. The fourth-order valence-electron chi connectivity index (χ4n) is 2.56. The smallest absolute Gasteiger partial charge is 0.272 e. The van der Waals surface area contributed by atoms with E-state index in [0.717, 1.165) is 12.8 Å². The average molecular weight is 305 g/mol. The maximum Gasteiger partial charge on any atom is 0.272 e. The summed E-state index contributed by atoms with van der Waals surface area (Å²) in [5, 5.41) is 7.76. The Morgan fingerprint density at radius 1 is 1.45 bits per heavy atom. The number of carbonyl (C=O) groups excluding carboxylic acids is 1. The van der Waals surface area contributed by atoms with Gasteiger partial charge in [0.25, 0.3) is 11.8 Å². The van der Waals surface area contributed by atoms with Gasteiger partial charge in [0, 0.05) is 26.3 Å². The van der Waals surface area contributed by atoms with Gasteiger partial charge in [-0.05, 0) is 25.8 Å². The topological polar surface area (TPSA) is 86.3 Å². The molecule has 8 heteroatoms. The van der Waals surface area contributed by atoms with E-state index in [2.05, 4.69) is 15.2 Å². The van der Waals surface area contributed by atoms with Gasteiger partial charge in [-0.3, -0.25) is 9.48 Å². The number of hydrogen-bond donors (Lipinski definition) is 0. The molecule has 1 aliphatic rings. The Labute approximate surface area is 128 Å². The summed E-state index contributed by atoms with van der Waals surface area (Å²) in [6.45, 7) is 3.45. The number of carbonyl (C=O) groups is 1. The Morgan fingerprint density at radius 3 is 2.82 bits per heavy atom. The molecule has 0 N–H and O–H groups in total. The Kier molecular flexibility index (Phi) is 4.19. The summed E-state index contributed by atoms with van der Waals surface area (Å²) in [5.74, 6) is 1.12. The van der Waals surface area contributed by atoms with Crippen molar-refractivity contribution in [1.29, 1.82) is 0 Å². The summed E-state index contributed by atoms with van der Waals surface area (Å²) < 4.78 is 12.4. The van der Waals surface area contributed by atoms with Gasteiger partial charge in [-0.15, -0.1) is 0 Å². The lowest BCUT2D eigenvalue weighted by Gasteiger charge is -2.31. The van der Waals surface area contributed by atoms with Gasteiger partial charge < -0.3 is 14.2 Å². The van der Waals surface area contributed by atoms with Crippen LogP contribution in [0.5, 0.6) is 0 Å². The minimum absolute atomic E-state index is 0.0194. The van der Waals surface area contributed by atoms with Crippen molar-refractivity contribution in [1.82, 2.24) is 24.8 Å². The van der Waals surface area contributed by atoms with Crippen LogP contribution >= 0.6 is 0 Å². The lowest BCUT2D eigenvalue weighted by Crippen LogP contribution is -2.41. The molecule has 22 heavy (non-hydrogen) atoms. The minimum Gasteiger partial charge on any atom is -0.368 e. The molecule has 118 valence electrons. The molecule has 1 fully saturated rings. The van der Waals surface area contributed by atoms with Gasteiger partial charge in [0.15, 0.2) is 5.82 Å². The molecule has 1 amide bonds. The van der Waals surface area contributed by atoms with Crippen LogP contribution in [-0.2, 0) is 18.4 Å². The second kappa shape index (κ2) is 6.27. The number of rotatable bonds is 4. The van der Waals surface area contributed by atoms with E-state index in [4.69, 9.17) is 9.26 Å². The van der Waals surface area contributed by atoms with Crippen molar-refractivity contribution in [3.05, 3.63) is 29.7 Å². The van der Waals surface area contributed by atoms with E-state index in [0.29, 0.717) is 37.1 Å². The van der Waals surface area contributed by atoms with Crippen molar-refractivity contribution in [2.24, 2.45) is 7.05 Å². The van der Waals surface area contributed by atoms with Gasteiger partial charge in [0.1, 0.15) is 12.3 Å². The number of hydrogen-bond acceptors (Lipinski definition) is 6. The van der Waals surface area contributed by atoms with Crippen LogP contribution < -0.4 is 0 Å². The van der Waals surface area contributed by atoms with Crippen molar-refractivity contribution in [2.75, 3.05) is 13.1 Å². The van der Waals surface area contributed by atoms with Crippen molar-refractivity contribution in [3.8, 4) is 0 Å². The number of likely N-dealkylation sites (tertiary alicyclic amines) is 1. The number of nitrogens with zero attached hydrogens (tertiary/aromatic N) is 5. The molecule has 2 aromatic rings. The molecule has 0 aromatic carbocycles. The van der Waals surface area contributed by atoms with Gasteiger partial charge in [-0.25, -0.2) is 0 Å². The number of aryl methyl sites for hydroxylation is 2. The Hall–Kier alpha value is -2.22. The lowest BCUT2D eigenvalue weighted by atomic mass is 10.1. The van der Waals surface area contributed by atoms with Crippen LogP contribution in [0.1, 0.15) is 35.0 Å². The van der Waals surface area contributed by atoms with Crippen molar-refractivity contribution >= 4 is 5.91 Å². The third kappa shape index (κ3) is 3.16. The number of ether oxygens (including phenoxy) is 1. The van der Waals surface area contributed by atoms with E-state index in [1.165, 1.54) is 0 Å². The SMILES string of the molecule is Cc1noc(COC2CCN(C(=O)c3ccnn3C)CC2)n1. The summed E-state index contributed by atoms with van der Waals surface area (Å²) in [6, 6.07) is 1.74. The van der Waals surface area contributed by atoms with Crippen LogP contribution in [0.3, 0.4) is 0 Å². The molecule has 8 nitrogen and oxygen atoms in total. The molecular formula is C14H19N5O3. The standard InChI is InChI=1S/C14H19N5O3/c1-10-16-13(22-17-10)9-21-11-4-7-19(8-5-11)14(20)12-3-6-15-18(12)2/h3,6,11H,4-5,7-9H2,1-2H3. The predicted molar refractivity (Wildman–Crippen MR) is 76.0 cm³/mol. The predicted octanol–water partition coefficient (Wildman–Crippen LogP) is 0.933. The van der Waals surface area contributed by atoms with Crippen molar-refractivity contribution in [3.63, 3.8) is 0 Å². The zero-order valence-electron chi connectivity index (χ0n) is 12.7. The zero-order valence-corrected chi connectivity index (χ0v) is 12.7. The van der Waals surface area contributed by atoms with Crippen LogP contribution in [0.25, 0.3) is 0 Å². The quantitative estimate of drug-likeness (QED) is 0.835. The van der Waals surface area contributed by atoms with Crippen LogP contribution in [0, 0.1) is 6.92 Å². The van der Waals surface area contributed by atoms with Gasteiger partial charge in [-0.2, -0.15) is 10.1 Å². The molecule has 1 saturated heterocycles. The third-order valence-corrected chi connectivity index (χ3v) is 3.78. The van der Waals surface area contributed by atoms with Gasteiger partial charge in [0.05, 0.1) is 6.10 Å². The second-order valence-corrected chi connectivity index (χ2v) is 5.38. The summed E-state index contributed by atoms with van der Waals surface area (Å²) in [5.41, 5.74) is 0.612. The van der Waals surface area contributed by atoms with Gasteiger partial charge in [0.2, 0.25) is 0 Å². The van der Waals surface area contributed by atoms with Crippen LogP contribution in [-0.4, -0.2) is 49.9 Å². The summed E-state index contributed by atoms with van der Waals surface area (Å²) in [7, 11) is 1.77. The normalized spacial score (nSPS) is 16.2. The van der Waals surface area contributed by atoms with E-state index in [-0.39, 0.29) is 12.0 Å². The molecule has 2 aromatic heterocycles. The van der Waals surface area contributed by atoms with E-state index < -0.39 is 0 Å². The maximum atomic E-state index is 12.4. The Bertz CT molecular complexity index is 642.